The van der Waals surface area contributed by atoms with Gasteiger partial charge in [0.25, 0.3) is 0 Å². The summed E-state index contributed by atoms with van der Waals surface area (Å²) in [6, 6.07) is 1.73. The summed E-state index contributed by atoms with van der Waals surface area (Å²) >= 11 is 0. The van der Waals surface area contributed by atoms with Gasteiger partial charge in [-0.2, -0.15) is 5.10 Å². The molecule has 1 aromatic heterocycles. The van der Waals surface area contributed by atoms with Crippen LogP contribution in [0.15, 0.2) is 6.07 Å². The Balaban J connectivity index is 1.83. The van der Waals surface area contributed by atoms with Crippen LogP contribution in [-0.2, 0) is 13.0 Å². The van der Waals surface area contributed by atoms with E-state index >= 15 is 0 Å². The zero-order valence-electron chi connectivity index (χ0n) is 11.5. The van der Waals surface area contributed by atoms with Gasteiger partial charge in [0, 0.05) is 7.05 Å². The fourth-order valence-electron chi connectivity index (χ4n) is 2.50. The van der Waals surface area contributed by atoms with Gasteiger partial charge in [0.1, 0.15) is 0 Å². The van der Waals surface area contributed by atoms with E-state index in [1.165, 1.54) is 0 Å². The number of nitrogens with one attached hydrogen (secondary N) is 2. The van der Waals surface area contributed by atoms with Gasteiger partial charge in [0.15, 0.2) is 0 Å². The van der Waals surface area contributed by atoms with Crippen LogP contribution in [0.5, 0.6) is 0 Å². The fraction of sp³-hybridized carbons (Fsp3) is 0.692. The van der Waals surface area contributed by atoms with Crippen molar-refractivity contribution >= 4 is 6.03 Å². The first-order chi connectivity index (χ1) is 9.11. The minimum absolute atomic E-state index is 0.0621. The summed E-state index contributed by atoms with van der Waals surface area (Å²) in [6.45, 7) is 2.47. The van der Waals surface area contributed by atoms with E-state index in [9.17, 15) is 9.90 Å². The largest absolute Gasteiger partial charge is 0.391 e. The smallest absolute Gasteiger partial charge is 0.317 e. The van der Waals surface area contributed by atoms with Gasteiger partial charge in [-0.05, 0) is 31.7 Å². The molecule has 2 rings (SSSR count). The molecule has 0 saturated heterocycles. The maximum Gasteiger partial charge on any atom is 0.317 e. The molecule has 106 valence electrons. The molecular weight excluding hydrogens is 244 g/mol. The molecule has 2 atom stereocenters. The highest BCUT2D eigenvalue weighted by molar-refractivity contribution is 5.74. The number of aromatic nitrogens is 2. The Morgan fingerprint density at radius 2 is 2.42 bits per heavy atom. The number of aryl methyl sites for hydroxylation is 1. The first-order valence-electron chi connectivity index (χ1n) is 6.83. The Kier molecular flexibility index (Phi) is 4.42. The summed E-state index contributed by atoms with van der Waals surface area (Å²) in [5.74, 6) is 0. The third-order valence-electron chi connectivity index (χ3n) is 3.74. The Hall–Kier alpha value is -1.56. The van der Waals surface area contributed by atoms with Crippen molar-refractivity contribution < 1.29 is 9.90 Å². The molecule has 1 aliphatic carbocycles. The Bertz CT molecular complexity index is 432. The van der Waals surface area contributed by atoms with E-state index in [1.807, 2.05) is 13.0 Å². The fourth-order valence-corrected chi connectivity index (χ4v) is 2.50. The van der Waals surface area contributed by atoms with Crippen molar-refractivity contribution in [3.8, 4) is 0 Å². The van der Waals surface area contributed by atoms with Crippen LogP contribution in [0.3, 0.4) is 0 Å². The van der Waals surface area contributed by atoms with Gasteiger partial charge in [-0.25, -0.2) is 4.79 Å². The molecule has 1 heterocycles. The molecule has 0 spiro atoms. The van der Waals surface area contributed by atoms with Crippen molar-refractivity contribution in [2.75, 3.05) is 7.05 Å². The normalized spacial score (nSPS) is 22.5. The van der Waals surface area contributed by atoms with E-state index in [2.05, 4.69) is 15.5 Å². The van der Waals surface area contributed by atoms with Crippen molar-refractivity contribution in [3.05, 3.63) is 17.5 Å². The summed E-state index contributed by atoms with van der Waals surface area (Å²) in [7, 11) is 1.74. The molecule has 0 aromatic carbocycles. The van der Waals surface area contributed by atoms with Gasteiger partial charge in [0.2, 0.25) is 0 Å². The maximum absolute atomic E-state index is 12.0. The summed E-state index contributed by atoms with van der Waals surface area (Å²) in [4.78, 5) is 13.6. The lowest BCUT2D eigenvalue weighted by Crippen LogP contribution is -2.46. The highest BCUT2D eigenvalue weighted by Crippen LogP contribution is 2.23. The van der Waals surface area contributed by atoms with E-state index in [0.717, 1.165) is 37.1 Å². The number of hydrogen-bond donors (Lipinski definition) is 3. The van der Waals surface area contributed by atoms with Crippen LogP contribution in [0.2, 0.25) is 0 Å². The lowest BCUT2D eigenvalue weighted by molar-refractivity contribution is 0.0979. The molecule has 1 aromatic rings. The van der Waals surface area contributed by atoms with Gasteiger partial charge in [-0.15, -0.1) is 0 Å². The van der Waals surface area contributed by atoms with Crippen molar-refractivity contribution in [1.82, 2.24) is 20.4 Å². The average molecular weight is 266 g/mol. The lowest BCUT2D eigenvalue weighted by atomic mass is 10.2. The number of aliphatic hydroxyl groups excluding tert-OH is 1. The molecule has 3 N–H and O–H groups in total. The number of nitrogens with zero attached hydrogens (tertiary/aromatic N) is 2. The highest BCUT2D eigenvalue weighted by atomic mass is 16.3. The molecule has 1 saturated carbocycles. The zero-order valence-corrected chi connectivity index (χ0v) is 11.5. The number of aliphatic hydroxyl groups is 1. The number of carbonyl (C=O) groups excluding carboxylic acids is 1. The third kappa shape index (κ3) is 3.26. The predicted molar refractivity (Wildman–Crippen MR) is 71.6 cm³/mol. The lowest BCUT2D eigenvalue weighted by Gasteiger charge is -2.27. The second-order valence-corrected chi connectivity index (χ2v) is 5.07. The molecule has 19 heavy (non-hydrogen) atoms. The maximum atomic E-state index is 12.0. The summed E-state index contributed by atoms with van der Waals surface area (Å²) in [5, 5.41) is 19.6. The van der Waals surface area contributed by atoms with Gasteiger partial charge < -0.3 is 15.3 Å². The van der Waals surface area contributed by atoms with E-state index in [1.54, 1.807) is 11.9 Å². The van der Waals surface area contributed by atoms with Crippen LogP contribution in [0.1, 0.15) is 37.6 Å². The topological polar surface area (TPSA) is 81.3 Å². The second kappa shape index (κ2) is 6.06. The van der Waals surface area contributed by atoms with E-state index in [-0.39, 0.29) is 12.1 Å². The first-order valence-corrected chi connectivity index (χ1v) is 6.83. The number of H-pyrrole nitrogens is 1. The molecule has 2 amide bonds. The monoisotopic (exact) mass is 266 g/mol. The molecule has 0 aliphatic heterocycles. The van der Waals surface area contributed by atoms with Crippen LogP contribution < -0.4 is 5.32 Å². The number of likely N-dealkylation sites (N-methyl/N-ethyl adjacent to an activating group) is 1. The number of aromatic amines is 1. The Morgan fingerprint density at radius 1 is 1.63 bits per heavy atom. The third-order valence-corrected chi connectivity index (χ3v) is 3.74. The first kappa shape index (κ1) is 13.9. The number of carbonyl (C=O) groups is 1. The summed E-state index contributed by atoms with van der Waals surface area (Å²) in [5.41, 5.74) is 1.88. The van der Waals surface area contributed by atoms with Gasteiger partial charge in [-0.1, -0.05) is 6.92 Å². The average Bonchev–Trinajstić information content (AvgIpc) is 3.03. The molecule has 0 bridgehead atoms. The van der Waals surface area contributed by atoms with E-state index in [4.69, 9.17) is 0 Å². The van der Waals surface area contributed by atoms with Crippen LogP contribution in [0, 0.1) is 0 Å². The molecule has 1 fully saturated rings. The Morgan fingerprint density at radius 3 is 3.00 bits per heavy atom. The van der Waals surface area contributed by atoms with Crippen molar-refractivity contribution in [3.63, 3.8) is 0 Å². The van der Waals surface area contributed by atoms with E-state index < -0.39 is 6.10 Å². The molecule has 0 unspecified atom stereocenters. The molecular formula is C13H22N4O2. The SMILES string of the molecule is CCc1cc(CNC(=O)N(C)[C@@H]2CCC[C@H]2O)[nH]n1. The molecule has 0 radical (unpaired) electrons. The summed E-state index contributed by atoms with van der Waals surface area (Å²) < 4.78 is 0. The van der Waals surface area contributed by atoms with Crippen molar-refractivity contribution in [2.24, 2.45) is 0 Å². The minimum atomic E-state index is -0.394. The number of urea groups is 1. The molecule has 1 aliphatic rings. The number of rotatable bonds is 4. The highest BCUT2D eigenvalue weighted by Gasteiger charge is 2.31. The standard InChI is InChI=1S/C13H22N4O2/c1-3-9-7-10(16-15-9)8-14-13(19)17(2)11-5-4-6-12(11)18/h7,11-12,18H,3-6,8H2,1-2H3,(H,14,19)(H,15,16)/t11-,12-/m1/s1. The van der Waals surface area contributed by atoms with Crippen LogP contribution in [0.4, 0.5) is 4.79 Å². The molecule has 6 nitrogen and oxygen atoms in total. The minimum Gasteiger partial charge on any atom is -0.391 e. The Labute approximate surface area is 113 Å². The zero-order chi connectivity index (χ0) is 13.8. The van der Waals surface area contributed by atoms with Gasteiger partial charge >= 0.3 is 6.03 Å². The van der Waals surface area contributed by atoms with Gasteiger partial charge in [0.05, 0.1) is 30.1 Å². The van der Waals surface area contributed by atoms with Crippen LogP contribution in [-0.4, -0.2) is 45.4 Å². The number of amides is 2. The predicted octanol–water partition coefficient (Wildman–Crippen LogP) is 1.03. The molecule has 6 heteroatoms. The van der Waals surface area contributed by atoms with E-state index in [0.29, 0.717) is 6.54 Å². The van der Waals surface area contributed by atoms with Crippen molar-refractivity contribution in [2.45, 2.75) is 51.3 Å². The second-order valence-electron chi connectivity index (χ2n) is 5.07. The summed E-state index contributed by atoms with van der Waals surface area (Å²) in [6.07, 6.45) is 3.11. The van der Waals surface area contributed by atoms with Crippen LogP contribution in [0.25, 0.3) is 0 Å². The van der Waals surface area contributed by atoms with Crippen LogP contribution >= 0.6 is 0 Å². The van der Waals surface area contributed by atoms with Crippen molar-refractivity contribution in [1.29, 1.82) is 0 Å². The van der Waals surface area contributed by atoms with Gasteiger partial charge in [-0.3, -0.25) is 5.10 Å². The number of hydrogen-bond acceptors (Lipinski definition) is 3. The quantitative estimate of drug-likeness (QED) is 0.761.